The SMILES string of the molecule is O=C(NCc1cccs1)C1(NS(=O)(=O)c2cccc3cccnc23)CCCCC1. The van der Waals surface area contributed by atoms with Crippen molar-refractivity contribution in [2.45, 2.75) is 49.1 Å². The number of carbonyl (C=O) groups excluding carboxylic acids is 1. The number of sulfonamides is 1. The summed E-state index contributed by atoms with van der Waals surface area (Å²) in [6.07, 6.45) is 5.16. The van der Waals surface area contributed by atoms with Gasteiger partial charge in [-0.15, -0.1) is 11.3 Å². The van der Waals surface area contributed by atoms with Crippen LogP contribution in [0.25, 0.3) is 10.9 Å². The average molecular weight is 430 g/mol. The molecular weight excluding hydrogens is 406 g/mol. The van der Waals surface area contributed by atoms with Crippen molar-refractivity contribution in [1.82, 2.24) is 15.0 Å². The van der Waals surface area contributed by atoms with Crippen LogP contribution in [0.4, 0.5) is 0 Å². The molecule has 1 saturated carbocycles. The van der Waals surface area contributed by atoms with Crippen LogP contribution in [0.1, 0.15) is 37.0 Å². The lowest BCUT2D eigenvalue weighted by Gasteiger charge is -2.36. The number of amides is 1. The van der Waals surface area contributed by atoms with E-state index in [0.717, 1.165) is 29.5 Å². The maximum atomic E-state index is 13.3. The van der Waals surface area contributed by atoms with Crippen molar-refractivity contribution in [3.63, 3.8) is 0 Å². The van der Waals surface area contributed by atoms with Crippen LogP contribution in [-0.4, -0.2) is 24.8 Å². The van der Waals surface area contributed by atoms with Crippen LogP contribution in [0.15, 0.2) is 58.9 Å². The molecule has 0 radical (unpaired) electrons. The summed E-state index contributed by atoms with van der Waals surface area (Å²) in [5.74, 6) is -0.262. The number of nitrogens with zero attached hydrogens (tertiary/aromatic N) is 1. The Labute approximate surface area is 174 Å². The molecule has 2 aromatic heterocycles. The molecule has 1 fully saturated rings. The number of benzene rings is 1. The summed E-state index contributed by atoms with van der Waals surface area (Å²) in [7, 11) is -3.93. The number of aromatic nitrogens is 1. The highest BCUT2D eigenvalue weighted by molar-refractivity contribution is 7.89. The number of pyridine rings is 1. The molecule has 0 spiro atoms. The third-order valence-electron chi connectivity index (χ3n) is 5.36. The van der Waals surface area contributed by atoms with Gasteiger partial charge in [0.2, 0.25) is 15.9 Å². The van der Waals surface area contributed by atoms with E-state index in [1.165, 1.54) is 6.07 Å². The van der Waals surface area contributed by atoms with Gasteiger partial charge in [0.25, 0.3) is 0 Å². The second-order valence-corrected chi connectivity index (χ2v) is 10.0. The van der Waals surface area contributed by atoms with Gasteiger partial charge in [-0.2, -0.15) is 4.72 Å². The van der Waals surface area contributed by atoms with E-state index in [1.807, 2.05) is 29.6 Å². The Morgan fingerprint density at radius 3 is 2.62 bits per heavy atom. The number of para-hydroxylation sites is 1. The van der Waals surface area contributed by atoms with Gasteiger partial charge in [-0.25, -0.2) is 8.42 Å². The summed E-state index contributed by atoms with van der Waals surface area (Å²) in [4.78, 5) is 18.5. The predicted octanol–water partition coefficient (Wildman–Crippen LogP) is 3.59. The Hall–Kier alpha value is -2.29. The van der Waals surface area contributed by atoms with Crippen LogP contribution < -0.4 is 10.0 Å². The van der Waals surface area contributed by atoms with Crippen molar-refractivity contribution in [3.05, 3.63) is 58.9 Å². The number of rotatable bonds is 6. The van der Waals surface area contributed by atoms with Crippen molar-refractivity contribution in [3.8, 4) is 0 Å². The van der Waals surface area contributed by atoms with Crippen LogP contribution in [0.2, 0.25) is 0 Å². The van der Waals surface area contributed by atoms with Crippen LogP contribution in [0.5, 0.6) is 0 Å². The zero-order chi connectivity index (χ0) is 20.3. The maximum absolute atomic E-state index is 13.3. The van der Waals surface area contributed by atoms with Gasteiger partial charge >= 0.3 is 0 Å². The van der Waals surface area contributed by atoms with Gasteiger partial charge in [0.15, 0.2) is 0 Å². The Morgan fingerprint density at radius 2 is 1.86 bits per heavy atom. The molecule has 1 aliphatic carbocycles. The number of carbonyl (C=O) groups is 1. The van der Waals surface area contributed by atoms with Crippen LogP contribution in [-0.2, 0) is 21.4 Å². The topological polar surface area (TPSA) is 88.2 Å². The highest BCUT2D eigenvalue weighted by Gasteiger charge is 2.43. The molecule has 3 aromatic rings. The summed E-state index contributed by atoms with van der Waals surface area (Å²) in [5.41, 5.74) is -0.724. The third-order valence-corrected chi connectivity index (χ3v) is 7.80. The molecule has 0 saturated heterocycles. The lowest BCUT2D eigenvalue weighted by molar-refractivity contribution is -0.128. The molecule has 1 aromatic carbocycles. The molecule has 4 rings (SSSR count). The highest BCUT2D eigenvalue weighted by Crippen LogP contribution is 2.31. The van der Waals surface area contributed by atoms with Crippen molar-refractivity contribution < 1.29 is 13.2 Å². The smallest absolute Gasteiger partial charge is 0.243 e. The molecule has 2 N–H and O–H groups in total. The van der Waals surface area contributed by atoms with E-state index in [4.69, 9.17) is 0 Å². The standard InChI is InChI=1S/C21H23N3O3S2/c25-20(23-15-17-9-6-14-28-17)21(11-2-1-3-12-21)24-29(26,27)18-10-4-7-16-8-5-13-22-19(16)18/h4-10,13-14,24H,1-3,11-12,15H2,(H,23,25). The molecule has 2 heterocycles. The monoisotopic (exact) mass is 429 g/mol. The van der Waals surface area contributed by atoms with Crippen molar-refractivity contribution in [1.29, 1.82) is 0 Å². The second-order valence-electron chi connectivity index (χ2n) is 7.34. The summed E-state index contributed by atoms with van der Waals surface area (Å²) in [5, 5.41) is 5.63. The number of fused-ring (bicyclic) bond motifs is 1. The minimum Gasteiger partial charge on any atom is -0.350 e. The summed E-state index contributed by atoms with van der Waals surface area (Å²) in [6, 6.07) is 12.5. The zero-order valence-electron chi connectivity index (χ0n) is 15.9. The van der Waals surface area contributed by atoms with Crippen LogP contribution in [0, 0.1) is 0 Å². The Kier molecular flexibility index (Phi) is 5.67. The van der Waals surface area contributed by atoms with E-state index < -0.39 is 15.6 Å². The first-order valence-electron chi connectivity index (χ1n) is 9.69. The molecular formula is C21H23N3O3S2. The Morgan fingerprint density at radius 1 is 1.07 bits per heavy atom. The Bertz CT molecular complexity index is 1100. The molecule has 0 atom stereocenters. The molecule has 0 bridgehead atoms. The molecule has 6 nitrogen and oxygen atoms in total. The van der Waals surface area contributed by atoms with Crippen molar-refractivity contribution in [2.75, 3.05) is 0 Å². The van der Waals surface area contributed by atoms with E-state index in [1.54, 1.807) is 29.7 Å². The first-order chi connectivity index (χ1) is 14.0. The second kappa shape index (κ2) is 8.22. The number of thiophene rings is 1. The van der Waals surface area contributed by atoms with Gasteiger partial charge in [0.05, 0.1) is 12.1 Å². The lowest BCUT2D eigenvalue weighted by atomic mass is 9.82. The van der Waals surface area contributed by atoms with Crippen LogP contribution >= 0.6 is 11.3 Å². The number of nitrogens with one attached hydrogen (secondary N) is 2. The first kappa shape index (κ1) is 20.0. The fraction of sp³-hybridized carbons (Fsp3) is 0.333. The largest absolute Gasteiger partial charge is 0.350 e. The molecule has 1 aliphatic rings. The molecule has 0 unspecified atom stereocenters. The molecule has 152 valence electrons. The van der Waals surface area contributed by atoms with Crippen LogP contribution in [0.3, 0.4) is 0 Å². The third kappa shape index (κ3) is 4.19. The molecule has 1 amide bonds. The van der Waals surface area contributed by atoms with E-state index in [0.29, 0.717) is 24.9 Å². The summed E-state index contributed by atoms with van der Waals surface area (Å²) in [6.45, 7) is 0.399. The Balaban J connectivity index is 1.64. The van der Waals surface area contributed by atoms with Gasteiger partial charge < -0.3 is 5.32 Å². The van der Waals surface area contributed by atoms with Gasteiger partial charge in [-0.3, -0.25) is 9.78 Å². The number of hydrogen-bond donors (Lipinski definition) is 2. The normalized spacial score (nSPS) is 16.6. The van der Waals surface area contributed by atoms with Crippen molar-refractivity contribution >= 4 is 38.2 Å². The quantitative estimate of drug-likeness (QED) is 0.627. The predicted molar refractivity (Wildman–Crippen MR) is 114 cm³/mol. The number of hydrogen-bond acceptors (Lipinski definition) is 5. The van der Waals surface area contributed by atoms with Crippen molar-refractivity contribution in [2.24, 2.45) is 0 Å². The van der Waals surface area contributed by atoms with Gasteiger partial charge in [0, 0.05) is 16.5 Å². The fourth-order valence-corrected chi connectivity index (χ4v) is 6.13. The van der Waals surface area contributed by atoms with E-state index in [-0.39, 0.29) is 10.8 Å². The minimum atomic E-state index is -3.93. The molecule has 29 heavy (non-hydrogen) atoms. The molecule has 8 heteroatoms. The average Bonchev–Trinajstić information content (AvgIpc) is 3.25. The first-order valence-corrected chi connectivity index (χ1v) is 12.0. The zero-order valence-corrected chi connectivity index (χ0v) is 17.6. The lowest BCUT2D eigenvalue weighted by Crippen LogP contribution is -2.59. The summed E-state index contributed by atoms with van der Waals surface area (Å²) >= 11 is 1.56. The highest BCUT2D eigenvalue weighted by atomic mass is 32.2. The maximum Gasteiger partial charge on any atom is 0.243 e. The minimum absolute atomic E-state index is 0.103. The van der Waals surface area contributed by atoms with E-state index in [2.05, 4.69) is 15.0 Å². The fourth-order valence-electron chi connectivity index (χ4n) is 3.89. The summed E-state index contributed by atoms with van der Waals surface area (Å²) < 4.78 is 29.4. The van der Waals surface area contributed by atoms with Gasteiger partial charge in [-0.05, 0) is 36.4 Å². The van der Waals surface area contributed by atoms with Gasteiger partial charge in [0.1, 0.15) is 10.4 Å². The van der Waals surface area contributed by atoms with E-state index in [9.17, 15) is 13.2 Å². The van der Waals surface area contributed by atoms with Gasteiger partial charge in [-0.1, -0.05) is 43.5 Å². The van der Waals surface area contributed by atoms with E-state index >= 15 is 0 Å². The molecule has 0 aliphatic heterocycles.